The SMILES string of the molecule is CCC(C)NC(=O)C1C(C=O)C2CC1C(C=O)C2C(=O)Nc1ccc(-c2ccc(C(C)CC)cc2C(F)(F)F)c(C(F)(F)F)c1. The van der Waals surface area contributed by atoms with E-state index in [-0.39, 0.29) is 30.0 Å². The third-order valence-electron chi connectivity index (χ3n) is 9.62. The summed E-state index contributed by atoms with van der Waals surface area (Å²) in [5.41, 5.74) is -3.92. The molecule has 2 aliphatic rings. The summed E-state index contributed by atoms with van der Waals surface area (Å²) >= 11 is 0. The second-order valence-corrected chi connectivity index (χ2v) is 12.2. The van der Waals surface area contributed by atoms with Crippen LogP contribution in [0.25, 0.3) is 11.1 Å². The van der Waals surface area contributed by atoms with E-state index in [4.69, 9.17) is 0 Å². The maximum absolute atomic E-state index is 14.3. The second kappa shape index (κ2) is 13.0. The zero-order valence-corrected chi connectivity index (χ0v) is 25.3. The fourth-order valence-electron chi connectivity index (χ4n) is 6.95. The summed E-state index contributed by atoms with van der Waals surface area (Å²) in [7, 11) is 0. The molecule has 2 amide bonds. The molecule has 0 aromatic heterocycles. The van der Waals surface area contributed by atoms with Crippen LogP contribution in [0.15, 0.2) is 36.4 Å². The van der Waals surface area contributed by atoms with Gasteiger partial charge >= 0.3 is 12.4 Å². The lowest BCUT2D eigenvalue weighted by atomic mass is 9.68. The number of nitrogens with one attached hydrogen (secondary N) is 2. The van der Waals surface area contributed by atoms with Crippen molar-refractivity contribution in [2.45, 2.75) is 71.3 Å². The molecule has 8 unspecified atom stereocenters. The number of carbonyl (C=O) groups excluding carboxylic acids is 4. The first-order valence-corrected chi connectivity index (χ1v) is 15.0. The van der Waals surface area contributed by atoms with Crippen molar-refractivity contribution in [1.29, 1.82) is 0 Å². The van der Waals surface area contributed by atoms with Crippen molar-refractivity contribution < 1.29 is 45.5 Å². The Morgan fingerprint density at radius 1 is 0.800 bits per heavy atom. The zero-order chi connectivity index (χ0) is 33.4. The Bertz CT molecular complexity index is 1460. The molecule has 0 spiro atoms. The Hall–Kier alpha value is -3.70. The molecule has 2 fully saturated rings. The maximum atomic E-state index is 14.3. The smallest absolute Gasteiger partial charge is 0.353 e. The molecule has 45 heavy (non-hydrogen) atoms. The Balaban J connectivity index is 1.67. The maximum Gasteiger partial charge on any atom is 0.417 e. The average molecular weight is 639 g/mol. The summed E-state index contributed by atoms with van der Waals surface area (Å²) in [5, 5.41) is 5.22. The van der Waals surface area contributed by atoms with Crippen molar-refractivity contribution in [2.75, 3.05) is 5.32 Å². The van der Waals surface area contributed by atoms with Crippen molar-refractivity contribution in [3.63, 3.8) is 0 Å². The number of halogens is 6. The Labute approximate surface area is 257 Å². The summed E-state index contributed by atoms with van der Waals surface area (Å²) in [6, 6.07) is 5.63. The highest BCUT2D eigenvalue weighted by molar-refractivity contribution is 5.97. The van der Waals surface area contributed by atoms with E-state index in [1.54, 1.807) is 20.8 Å². The van der Waals surface area contributed by atoms with Gasteiger partial charge in [0.15, 0.2) is 0 Å². The molecule has 2 aliphatic carbocycles. The second-order valence-electron chi connectivity index (χ2n) is 12.2. The Morgan fingerprint density at radius 2 is 1.31 bits per heavy atom. The van der Waals surface area contributed by atoms with E-state index in [9.17, 15) is 45.5 Å². The van der Waals surface area contributed by atoms with Crippen molar-refractivity contribution in [3.8, 4) is 11.1 Å². The van der Waals surface area contributed by atoms with E-state index in [1.807, 2.05) is 6.92 Å². The van der Waals surface area contributed by atoms with Crippen LogP contribution >= 0.6 is 0 Å². The molecule has 2 N–H and O–H groups in total. The summed E-state index contributed by atoms with van der Waals surface area (Å²) in [6.07, 6.45) is -7.46. The summed E-state index contributed by atoms with van der Waals surface area (Å²) in [6.45, 7) is 7.17. The van der Waals surface area contributed by atoms with Gasteiger partial charge in [-0.05, 0) is 78.8 Å². The summed E-state index contributed by atoms with van der Waals surface area (Å²) in [4.78, 5) is 50.7. The number of carbonyl (C=O) groups is 4. The molecule has 0 saturated heterocycles. The third kappa shape index (κ3) is 6.65. The van der Waals surface area contributed by atoms with Gasteiger partial charge in [0.25, 0.3) is 0 Å². The molecule has 0 radical (unpaired) electrons. The van der Waals surface area contributed by atoms with Gasteiger partial charge in [-0.1, -0.05) is 39.0 Å². The van der Waals surface area contributed by atoms with Crippen molar-refractivity contribution in [1.82, 2.24) is 5.32 Å². The number of hydrogen-bond acceptors (Lipinski definition) is 4. The zero-order valence-electron chi connectivity index (χ0n) is 25.3. The average Bonchev–Trinajstić information content (AvgIpc) is 3.55. The van der Waals surface area contributed by atoms with Gasteiger partial charge < -0.3 is 20.2 Å². The fraction of sp³-hybridized carbons (Fsp3) is 0.515. The van der Waals surface area contributed by atoms with Crippen LogP contribution in [-0.2, 0) is 31.5 Å². The number of alkyl halides is 6. The van der Waals surface area contributed by atoms with Crippen LogP contribution in [0.1, 0.15) is 69.6 Å². The van der Waals surface area contributed by atoms with E-state index < -0.39 is 76.0 Å². The molecule has 2 aromatic carbocycles. The van der Waals surface area contributed by atoms with E-state index in [1.165, 1.54) is 6.07 Å². The van der Waals surface area contributed by atoms with Gasteiger partial charge in [0, 0.05) is 23.6 Å². The lowest BCUT2D eigenvalue weighted by Gasteiger charge is -2.35. The van der Waals surface area contributed by atoms with Crippen LogP contribution < -0.4 is 10.6 Å². The first-order chi connectivity index (χ1) is 21.1. The highest BCUT2D eigenvalue weighted by Crippen LogP contribution is 2.57. The molecule has 8 atom stereocenters. The highest BCUT2D eigenvalue weighted by atomic mass is 19.4. The number of amides is 2. The van der Waals surface area contributed by atoms with E-state index >= 15 is 0 Å². The largest absolute Gasteiger partial charge is 0.417 e. The Kier molecular flexibility index (Phi) is 9.84. The van der Waals surface area contributed by atoms with Crippen molar-refractivity contribution in [2.24, 2.45) is 35.5 Å². The molecule has 0 aliphatic heterocycles. The van der Waals surface area contributed by atoms with Gasteiger partial charge in [-0.15, -0.1) is 0 Å². The molecular weight excluding hydrogens is 602 g/mol. The first-order valence-electron chi connectivity index (χ1n) is 15.0. The molecule has 0 heterocycles. The molecule has 2 bridgehead atoms. The lowest BCUT2D eigenvalue weighted by Crippen LogP contribution is -2.49. The third-order valence-corrected chi connectivity index (χ3v) is 9.62. The highest BCUT2D eigenvalue weighted by Gasteiger charge is 2.62. The summed E-state index contributed by atoms with van der Waals surface area (Å²) < 4.78 is 85.1. The van der Waals surface area contributed by atoms with Gasteiger partial charge in [-0.3, -0.25) is 9.59 Å². The monoisotopic (exact) mass is 638 g/mol. The van der Waals surface area contributed by atoms with E-state index in [0.717, 1.165) is 24.3 Å². The topological polar surface area (TPSA) is 92.3 Å². The lowest BCUT2D eigenvalue weighted by molar-refractivity contribution is -0.139. The Morgan fingerprint density at radius 3 is 1.80 bits per heavy atom. The number of hydrogen-bond donors (Lipinski definition) is 2. The predicted molar refractivity (Wildman–Crippen MR) is 155 cm³/mol. The number of aldehydes is 2. The number of rotatable bonds is 10. The van der Waals surface area contributed by atoms with E-state index in [0.29, 0.717) is 37.0 Å². The van der Waals surface area contributed by atoms with Gasteiger partial charge in [-0.25, -0.2) is 0 Å². The molecule has 2 saturated carbocycles. The molecular formula is C33H36F6N2O4. The minimum absolute atomic E-state index is 0.173. The molecule has 12 heteroatoms. The van der Waals surface area contributed by atoms with E-state index in [2.05, 4.69) is 10.6 Å². The molecule has 244 valence electrons. The van der Waals surface area contributed by atoms with Crippen molar-refractivity contribution in [3.05, 3.63) is 53.1 Å². The van der Waals surface area contributed by atoms with Crippen LogP contribution in [0.2, 0.25) is 0 Å². The summed E-state index contributed by atoms with van der Waals surface area (Å²) in [5.74, 6) is -6.42. The van der Waals surface area contributed by atoms with Gasteiger partial charge in [-0.2, -0.15) is 26.3 Å². The minimum Gasteiger partial charge on any atom is -0.353 e. The molecule has 2 aromatic rings. The van der Waals surface area contributed by atoms with Crippen molar-refractivity contribution >= 4 is 30.1 Å². The standard InChI is InChI=1S/C33H36F6N2O4/c1-5-16(3)18-7-9-20(26(11-18)32(34,35)36)21-10-8-19(12-27(21)33(37,38)39)41-31(45)29-23-13-22(25(29)15-43)28(24(23)14-42)30(44)40-17(4)6-2/h7-12,14-17,22-25,28-29H,5-6,13H2,1-4H3,(H,40,44)(H,41,45). The van der Waals surface area contributed by atoms with Crippen LogP contribution in [-0.4, -0.2) is 30.4 Å². The number of benzene rings is 2. The number of fused-ring (bicyclic) bond motifs is 2. The van der Waals surface area contributed by atoms with Crippen LogP contribution in [0.5, 0.6) is 0 Å². The minimum atomic E-state index is -5.08. The quantitative estimate of drug-likeness (QED) is 0.212. The van der Waals surface area contributed by atoms with Gasteiger partial charge in [0.05, 0.1) is 23.0 Å². The van der Waals surface area contributed by atoms with Gasteiger partial charge in [0.2, 0.25) is 11.8 Å². The van der Waals surface area contributed by atoms with Crippen LogP contribution in [0, 0.1) is 35.5 Å². The molecule has 4 rings (SSSR count). The molecule has 6 nitrogen and oxygen atoms in total. The number of anilines is 1. The van der Waals surface area contributed by atoms with Crippen LogP contribution in [0.4, 0.5) is 32.0 Å². The normalized spacial score (nSPS) is 25.8. The predicted octanol–water partition coefficient (Wildman–Crippen LogP) is 7.27. The van der Waals surface area contributed by atoms with Gasteiger partial charge in [0.1, 0.15) is 12.6 Å². The fourth-order valence-corrected chi connectivity index (χ4v) is 6.95. The van der Waals surface area contributed by atoms with Crippen LogP contribution in [0.3, 0.4) is 0 Å². The first kappa shape index (κ1) is 34.2.